The number of hydrogen-bond acceptors (Lipinski definition) is 4. The van der Waals surface area contributed by atoms with Crippen molar-refractivity contribution >= 4 is 23.7 Å². The average molecular weight is 358 g/mol. The number of hydrogen-bond donors (Lipinski definition) is 1. The number of carbonyl (C=O) groups excluding carboxylic acids is 2. The summed E-state index contributed by atoms with van der Waals surface area (Å²) in [5.74, 6) is -2.62. The first-order chi connectivity index (χ1) is 12.4. The molecule has 0 aliphatic carbocycles. The molecule has 0 spiro atoms. The van der Waals surface area contributed by atoms with Crippen molar-refractivity contribution in [2.45, 2.75) is 6.42 Å². The van der Waals surface area contributed by atoms with Crippen LogP contribution in [-0.4, -0.2) is 23.8 Å². The highest BCUT2D eigenvalue weighted by atomic mass is 19.2. The van der Waals surface area contributed by atoms with E-state index >= 15 is 0 Å². The second-order valence-corrected chi connectivity index (χ2v) is 5.38. The van der Waals surface area contributed by atoms with Gasteiger partial charge in [0.15, 0.2) is 34.7 Å². The standard InChI is InChI=1S/C20H16F2O4/c1-26-20-11-14(5-9-19(20)25)3-7-16(24)12-15(23)6-2-13-4-8-17(21)18(22)10-13/h2-11,25H,12H2,1H3/b6-2+,7-3+. The van der Waals surface area contributed by atoms with Gasteiger partial charge in [0.1, 0.15) is 0 Å². The van der Waals surface area contributed by atoms with Crippen molar-refractivity contribution in [2.24, 2.45) is 0 Å². The third kappa shape index (κ3) is 5.37. The summed E-state index contributed by atoms with van der Waals surface area (Å²) in [6.07, 6.45) is 4.84. The Bertz CT molecular complexity index is 885. The zero-order chi connectivity index (χ0) is 19.1. The molecule has 0 saturated heterocycles. The summed E-state index contributed by atoms with van der Waals surface area (Å²) >= 11 is 0. The Balaban J connectivity index is 1.95. The molecule has 0 aliphatic heterocycles. The Kier molecular flexibility index (Phi) is 6.38. The van der Waals surface area contributed by atoms with Crippen LogP contribution in [0.1, 0.15) is 17.5 Å². The van der Waals surface area contributed by atoms with Crippen LogP contribution < -0.4 is 4.74 Å². The number of phenolic OH excluding ortho intramolecular Hbond substituents is 1. The number of rotatable bonds is 7. The summed E-state index contributed by atoms with van der Waals surface area (Å²) < 4.78 is 30.9. The van der Waals surface area contributed by atoms with E-state index in [1.165, 1.54) is 37.5 Å². The Labute approximate surface area is 149 Å². The van der Waals surface area contributed by atoms with E-state index in [-0.39, 0.29) is 17.9 Å². The van der Waals surface area contributed by atoms with Gasteiger partial charge >= 0.3 is 0 Å². The van der Waals surface area contributed by atoms with Gasteiger partial charge in [-0.25, -0.2) is 8.78 Å². The van der Waals surface area contributed by atoms with E-state index in [1.807, 2.05) is 0 Å². The van der Waals surface area contributed by atoms with Gasteiger partial charge in [0.05, 0.1) is 13.5 Å². The number of halogens is 2. The molecule has 2 aromatic carbocycles. The summed E-state index contributed by atoms with van der Waals surface area (Å²) in [5, 5.41) is 9.50. The molecule has 0 saturated carbocycles. The lowest BCUT2D eigenvalue weighted by molar-refractivity contribution is -0.121. The molecule has 0 bridgehead atoms. The van der Waals surface area contributed by atoms with Crippen LogP contribution >= 0.6 is 0 Å². The summed E-state index contributed by atoms with van der Waals surface area (Å²) in [6.45, 7) is 0. The molecule has 0 aromatic heterocycles. The van der Waals surface area contributed by atoms with E-state index in [0.717, 1.165) is 18.2 Å². The number of aromatic hydroxyl groups is 1. The second-order valence-electron chi connectivity index (χ2n) is 5.38. The first kappa shape index (κ1) is 19.1. The van der Waals surface area contributed by atoms with Crippen LogP contribution in [0.4, 0.5) is 8.78 Å². The molecule has 6 heteroatoms. The molecule has 2 aromatic rings. The maximum absolute atomic E-state index is 13.1. The highest BCUT2D eigenvalue weighted by Crippen LogP contribution is 2.26. The first-order valence-corrected chi connectivity index (χ1v) is 7.63. The Morgan fingerprint density at radius 2 is 1.54 bits per heavy atom. The first-order valence-electron chi connectivity index (χ1n) is 7.63. The maximum Gasteiger partial charge on any atom is 0.163 e. The fourth-order valence-electron chi connectivity index (χ4n) is 2.08. The van der Waals surface area contributed by atoms with Crippen molar-refractivity contribution in [1.82, 2.24) is 0 Å². The van der Waals surface area contributed by atoms with Gasteiger partial charge in [-0.05, 0) is 47.5 Å². The normalized spacial score (nSPS) is 11.2. The minimum absolute atomic E-state index is 0.0199. The summed E-state index contributed by atoms with van der Waals surface area (Å²) in [7, 11) is 1.41. The average Bonchev–Trinajstić information content (AvgIpc) is 2.62. The van der Waals surface area contributed by atoms with Gasteiger partial charge in [-0.3, -0.25) is 9.59 Å². The van der Waals surface area contributed by atoms with E-state index in [4.69, 9.17) is 4.74 Å². The van der Waals surface area contributed by atoms with Gasteiger partial charge < -0.3 is 9.84 Å². The van der Waals surface area contributed by atoms with E-state index in [9.17, 15) is 23.5 Å². The van der Waals surface area contributed by atoms with Gasteiger partial charge in [-0.1, -0.05) is 24.3 Å². The Hall–Kier alpha value is -3.28. The van der Waals surface area contributed by atoms with Gasteiger partial charge in [-0.2, -0.15) is 0 Å². The number of methoxy groups -OCH3 is 1. The maximum atomic E-state index is 13.1. The van der Waals surface area contributed by atoms with Gasteiger partial charge in [0.2, 0.25) is 0 Å². The SMILES string of the molecule is COc1cc(/C=C/C(=O)CC(=O)/C=C/c2ccc(F)c(F)c2)ccc1O. The van der Waals surface area contributed by atoms with E-state index < -0.39 is 23.2 Å². The topological polar surface area (TPSA) is 63.6 Å². The molecule has 134 valence electrons. The molecule has 2 rings (SSSR count). The molecule has 0 fully saturated rings. The van der Waals surface area contributed by atoms with Crippen molar-refractivity contribution in [2.75, 3.05) is 7.11 Å². The molecule has 0 unspecified atom stereocenters. The van der Waals surface area contributed by atoms with Crippen LogP contribution in [0, 0.1) is 11.6 Å². The van der Waals surface area contributed by atoms with Crippen LogP contribution in [-0.2, 0) is 9.59 Å². The van der Waals surface area contributed by atoms with Crippen LogP contribution in [0.2, 0.25) is 0 Å². The monoisotopic (exact) mass is 358 g/mol. The van der Waals surface area contributed by atoms with Crippen LogP contribution in [0.5, 0.6) is 11.5 Å². The lowest BCUT2D eigenvalue weighted by atomic mass is 10.1. The highest BCUT2D eigenvalue weighted by molar-refractivity contribution is 6.10. The zero-order valence-electron chi connectivity index (χ0n) is 13.9. The Morgan fingerprint density at radius 3 is 2.12 bits per heavy atom. The molecule has 0 radical (unpaired) electrons. The number of benzene rings is 2. The quantitative estimate of drug-likeness (QED) is 0.602. The third-order valence-corrected chi connectivity index (χ3v) is 3.42. The molecular formula is C20H16F2O4. The van der Waals surface area contributed by atoms with E-state index in [1.54, 1.807) is 12.1 Å². The second kappa shape index (κ2) is 8.71. The minimum Gasteiger partial charge on any atom is -0.504 e. The molecule has 26 heavy (non-hydrogen) atoms. The molecule has 0 atom stereocenters. The van der Waals surface area contributed by atoms with Crippen molar-refractivity contribution in [3.63, 3.8) is 0 Å². The number of allylic oxidation sites excluding steroid dienone is 2. The van der Waals surface area contributed by atoms with E-state index in [0.29, 0.717) is 11.1 Å². The smallest absolute Gasteiger partial charge is 0.163 e. The Morgan fingerprint density at radius 1 is 0.962 bits per heavy atom. The molecule has 1 N–H and O–H groups in total. The number of ketones is 2. The lowest BCUT2D eigenvalue weighted by Crippen LogP contribution is -2.01. The molecular weight excluding hydrogens is 342 g/mol. The fourth-order valence-corrected chi connectivity index (χ4v) is 2.08. The van der Waals surface area contributed by atoms with Crippen molar-refractivity contribution < 1.29 is 28.2 Å². The summed E-state index contributed by atoms with van der Waals surface area (Å²) in [6, 6.07) is 7.80. The minimum atomic E-state index is -1.01. The lowest BCUT2D eigenvalue weighted by Gasteiger charge is -2.03. The zero-order valence-corrected chi connectivity index (χ0v) is 13.9. The largest absolute Gasteiger partial charge is 0.504 e. The third-order valence-electron chi connectivity index (χ3n) is 3.42. The highest BCUT2D eigenvalue weighted by Gasteiger charge is 2.06. The van der Waals surface area contributed by atoms with Crippen molar-refractivity contribution in [3.05, 3.63) is 71.3 Å². The van der Waals surface area contributed by atoms with Gasteiger partial charge in [-0.15, -0.1) is 0 Å². The van der Waals surface area contributed by atoms with Gasteiger partial charge in [0.25, 0.3) is 0 Å². The van der Waals surface area contributed by atoms with Crippen LogP contribution in [0.15, 0.2) is 48.6 Å². The number of phenols is 1. The molecule has 0 aliphatic rings. The number of carbonyl (C=O) groups is 2. The van der Waals surface area contributed by atoms with Crippen LogP contribution in [0.3, 0.4) is 0 Å². The molecule has 0 heterocycles. The molecule has 4 nitrogen and oxygen atoms in total. The number of ether oxygens (including phenoxy) is 1. The van der Waals surface area contributed by atoms with Crippen LogP contribution in [0.25, 0.3) is 12.2 Å². The fraction of sp³-hybridized carbons (Fsp3) is 0.100. The summed E-state index contributed by atoms with van der Waals surface area (Å²) in [4.78, 5) is 23.6. The van der Waals surface area contributed by atoms with E-state index in [2.05, 4.69) is 0 Å². The molecule has 0 amide bonds. The van der Waals surface area contributed by atoms with Crippen molar-refractivity contribution in [3.8, 4) is 11.5 Å². The predicted molar refractivity (Wildman–Crippen MR) is 93.7 cm³/mol. The van der Waals surface area contributed by atoms with Gasteiger partial charge in [0, 0.05) is 0 Å². The summed E-state index contributed by atoms with van der Waals surface area (Å²) in [5.41, 5.74) is 0.939. The predicted octanol–water partition coefficient (Wildman–Crippen LogP) is 3.93. The van der Waals surface area contributed by atoms with Crippen molar-refractivity contribution in [1.29, 1.82) is 0 Å².